The number of hydrogen-bond acceptors (Lipinski definition) is 3. The molecule has 0 spiro atoms. The lowest BCUT2D eigenvalue weighted by Gasteiger charge is -2.32. The van der Waals surface area contributed by atoms with Crippen LogP contribution in [0, 0.1) is 5.92 Å². The number of aliphatic hydroxyl groups is 1. The van der Waals surface area contributed by atoms with Crippen LogP contribution in [0.4, 0.5) is 0 Å². The molecule has 2 unspecified atom stereocenters. The lowest BCUT2D eigenvalue weighted by Crippen LogP contribution is -2.47. The van der Waals surface area contributed by atoms with Crippen LogP contribution in [-0.4, -0.2) is 47.7 Å². The Kier molecular flexibility index (Phi) is 5.01. The molecule has 1 aliphatic heterocycles. The fraction of sp³-hybridized carbons (Fsp3) is 0.929. The largest absolute Gasteiger partial charge is 0.393 e. The highest BCUT2D eigenvalue weighted by Crippen LogP contribution is 2.23. The summed E-state index contributed by atoms with van der Waals surface area (Å²) < 4.78 is 0. The Morgan fingerprint density at radius 3 is 2.56 bits per heavy atom. The number of nitrogens with zero attached hydrogens (tertiary/aromatic N) is 1. The Hall–Kier alpha value is -0.610. The van der Waals surface area contributed by atoms with E-state index < -0.39 is 0 Å². The number of rotatable bonds is 3. The summed E-state index contributed by atoms with van der Waals surface area (Å²) in [5.74, 6) is 0.774. The minimum Gasteiger partial charge on any atom is -0.393 e. The minimum atomic E-state index is -0.164. The van der Waals surface area contributed by atoms with Gasteiger partial charge in [-0.25, -0.2) is 0 Å². The Labute approximate surface area is 110 Å². The van der Waals surface area contributed by atoms with Crippen LogP contribution in [0.1, 0.15) is 45.4 Å². The van der Waals surface area contributed by atoms with Crippen molar-refractivity contribution in [2.45, 2.75) is 57.6 Å². The van der Waals surface area contributed by atoms with Gasteiger partial charge in [0.15, 0.2) is 0 Å². The van der Waals surface area contributed by atoms with Gasteiger partial charge in [-0.1, -0.05) is 19.8 Å². The molecule has 2 atom stereocenters. The molecule has 1 aliphatic carbocycles. The molecule has 1 saturated heterocycles. The maximum atomic E-state index is 12.0. The first-order valence-electron chi connectivity index (χ1n) is 7.35. The van der Waals surface area contributed by atoms with Gasteiger partial charge in [0.25, 0.3) is 0 Å². The van der Waals surface area contributed by atoms with Crippen LogP contribution in [0.2, 0.25) is 0 Å². The monoisotopic (exact) mass is 254 g/mol. The van der Waals surface area contributed by atoms with Gasteiger partial charge in [-0.05, 0) is 31.6 Å². The van der Waals surface area contributed by atoms with Crippen molar-refractivity contribution in [2.75, 3.05) is 19.6 Å². The highest BCUT2D eigenvalue weighted by Gasteiger charge is 2.24. The third kappa shape index (κ3) is 3.95. The zero-order chi connectivity index (χ0) is 13.0. The number of piperidine rings is 1. The van der Waals surface area contributed by atoms with E-state index in [1.54, 1.807) is 0 Å². The zero-order valence-electron chi connectivity index (χ0n) is 11.4. The summed E-state index contributed by atoms with van der Waals surface area (Å²) in [6, 6.07) is 0.377. The maximum absolute atomic E-state index is 12.0. The summed E-state index contributed by atoms with van der Waals surface area (Å²) in [4.78, 5) is 14.1. The lowest BCUT2D eigenvalue weighted by molar-refractivity contribution is -0.124. The Morgan fingerprint density at radius 2 is 1.89 bits per heavy atom. The summed E-state index contributed by atoms with van der Waals surface area (Å²) in [5.41, 5.74) is 0. The molecule has 2 fully saturated rings. The van der Waals surface area contributed by atoms with E-state index in [0.717, 1.165) is 32.4 Å². The van der Waals surface area contributed by atoms with Gasteiger partial charge in [0.2, 0.25) is 5.91 Å². The Bertz CT molecular complexity index is 275. The average molecular weight is 254 g/mol. The summed E-state index contributed by atoms with van der Waals surface area (Å²) >= 11 is 0. The van der Waals surface area contributed by atoms with Gasteiger partial charge in [-0.2, -0.15) is 0 Å². The van der Waals surface area contributed by atoms with E-state index in [4.69, 9.17) is 0 Å². The number of aliphatic hydroxyl groups excluding tert-OH is 1. The number of hydrogen-bond donors (Lipinski definition) is 2. The third-order valence-electron chi connectivity index (χ3n) is 4.38. The standard InChI is InChI=1S/C14H26N2O2/c1-11-4-2-3-5-13(11)15-14(18)10-16-8-6-12(17)7-9-16/h11-13,17H,2-10H2,1H3,(H,15,18). The van der Waals surface area contributed by atoms with Crippen LogP contribution in [0.3, 0.4) is 0 Å². The zero-order valence-corrected chi connectivity index (χ0v) is 11.4. The van der Waals surface area contributed by atoms with Crippen molar-refractivity contribution in [1.82, 2.24) is 10.2 Å². The van der Waals surface area contributed by atoms with Crippen LogP contribution in [0.25, 0.3) is 0 Å². The first-order valence-corrected chi connectivity index (χ1v) is 7.35. The molecule has 1 heterocycles. The Morgan fingerprint density at radius 1 is 1.22 bits per heavy atom. The van der Waals surface area contributed by atoms with E-state index >= 15 is 0 Å². The number of carbonyl (C=O) groups is 1. The average Bonchev–Trinajstić information content (AvgIpc) is 2.35. The minimum absolute atomic E-state index is 0.158. The van der Waals surface area contributed by atoms with Gasteiger partial charge in [0.1, 0.15) is 0 Å². The van der Waals surface area contributed by atoms with Crippen molar-refractivity contribution in [3.8, 4) is 0 Å². The van der Waals surface area contributed by atoms with Crippen LogP contribution < -0.4 is 5.32 Å². The van der Waals surface area contributed by atoms with Crippen molar-refractivity contribution in [1.29, 1.82) is 0 Å². The molecule has 0 aromatic heterocycles. The third-order valence-corrected chi connectivity index (χ3v) is 4.38. The quantitative estimate of drug-likeness (QED) is 0.794. The van der Waals surface area contributed by atoms with Gasteiger partial charge in [-0.3, -0.25) is 9.69 Å². The van der Waals surface area contributed by atoms with Crippen LogP contribution in [0.5, 0.6) is 0 Å². The second-order valence-corrected chi connectivity index (χ2v) is 5.94. The van der Waals surface area contributed by atoms with E-state index in [9.17, 15) is 9.90 Å². The van der Waals surface area contributed by atoms with E-state index in [-0.39, 0.29) is 12.0 Å². The molecular formula is C14H26N2O2. The van der Waals surface area contributed by atoms with Crippen molar-refractivity contribution < 1.29 is 9.90 Å². The predicted molar refractivity (Wildman–Crippen MR) is 71.2 cm³/mol. The molecule has 2 rings (SSSR count). The summed E-state index contributed by atoms with van der Waals surface area (Å²) in [7, 11) is 0. The number of likely N-dealkylation sites (tertiary alicyclic amines) is 1. The molecule has 18 heavy (non-hydrogen) atoms. The molecule has 0 aromatic carbocycles. The molecule has 1 saturated carbocycles. The first kappa shape index (κ1) is 13.8. The van der Waals surface area contributed by atoms with Crippen molar-refractivity contribution in [3.05, 3.63) is 0 Å². The van der Waals surface area contributed by atoms with Crippen molar-refractivity contribution in [2.24, 2.45) is 5.92 Å². The molecule has 2 N–H and O–H groups in total. The summed E-state index contributed by atoms with van der Waals surface area (Å²) in [6.45, 7) is 4.42. The summed E-state index contributed by atoms with van der Waals surface area (Å²) in [5, 5.41) is 12.6. The van der Waals surface area contributed by atoms with Crippen molar-refractivity contribution >= 4 is 5.91 Å². The SMILES string of the molecule is CC1CCCCC1NC(=O)CN1CCC(O)CC1. The van der Waals surface area contributed by atoms with Crippen molar-refractivity contribution in [3.63, 3.8) is 0 Å². The molecular weight excluding hydrogens is 228 g/mol. The van der Waals surface area contributed by atoms with E-state index in [2.05, 4.69) is 17.1 Å². The van der Waals surface area contributed by atoms with Gasteiger partial charge in [-0.15, -0.1) is 0 Å². The highest BCUT2D eigenvalue weighted by atomic mass is 16.3. The topological polar surface area (TPSA) is 52.6 Å². The molecule has 0 bridgehead atoms. The second kappa shape index (κ2) is 6.53. The molecule has 2 aliphatic rings. The van der Waals surface area contributed by atoms with E-state index in [1.807, 2.05) is 0 Å². The maximum Gasteiger partial charge on any atom is 0.234 e. The number of nitrogens with one attached hydrogen (secondary N) is 1. The normalized spacial score (nSPS) is 31.2. The molecule has 0 aromatic rings. The van der Waals surface area contributed by atoms with Gasteiger partial charge in [0.05, 0.1) is 12.6 Å². The van der Waals surface area contributed by atoms with Gasteiger partial charge in [0, 0.05) is 19.1 Å². The van der Waals surface area contributed by atoms with E-state index in [1.165, 1.54) is 19.3 Å². The molecule has 104 valence electrons. The number of amides is 1. The Balaban J connectivity index is 1.71. The molecule has 4 heteroatoms. The fourth-order valence-corrected chi connectivity index (χ4v) is 3.06. The lowest BCUT2D eigenvalue weighted by atomic mass is 9.86. The van der Waals surface area contributed by atoms with Crippen LogP contribution in [-0.2, 0) is 4.79 Å². The van der Waals surface area contributed by atoms with Crippen LogP contribution in [0.15, 0.2) is 0 Å². The molecule has 4 nitrogen and oxygen atoms in total. The first-order chi connectivity index (χ1) is 8.65. The smallest absolute Gasteiger partial charge is 0.234 e. The summed E-state index contributed by atoms with van der Waals surface area (Å²) in [6.07, 6.45) is 6.35. The van der Waals surface area contributed by atoms with E-state index in [0.29, 0.717) is 18.5 Å². The van der Waals surface area contributed by atoms with Gasteiger partial charge >= 0.3 is 0 Å². The fourth-order valence-electron chi connectivity index (χ4n) is 3.06. The second-order valence-electron chi connectivity index (χ2n) is 5.94. The number of carbonyl (C=O) groups excluding carboxylic acids is 1. The molecule has 1 amide bonds. The van der Waals surface area contributed by atoms with Gasteiger partial charge < -0.3 is 10.4 Å². The molecule has 0 radical (unpaired) electrons. The van der Waals surface area contributed by atoms with Crippen LogP contribution >= 0.6 is 0 Å². The predicted octanol–water partition coefficient (Wildman–Crippen LogP) is 1.14. The highest BCUT2D eigenvalue weighted by molar-refractivity contribution is 5.78.